The minimum Gasteiger partial charge on any atom is -0.444 e. The summed E-state index contributed by atoms with van der Waals surface area (Å²) in [7, 11) is 1.81. The molecule has 2 aromatic rings. The number of hydrogen-bond acceptors (Lipinski definition) is 5. The zero-order chi connectivity index (χ0) is 20.3. The smallest absolute Gasteiger partial charge is 0.410 e. The molecule has 150 valence electrons. The Bertz CT molecular complexity index is 815. The Morgan fingerprint density at radius 1 is 1.18 bits per heavy atom. The molecule has 6 nitrogen and oxygen atoms in total. The van der Waals surface area contributed by atoms with Crippen molar-refractivity contribution in [1.82, 2.24) is 14.9 Å². The van der Waals surface area contributed by atoms with Crippen molar-refractivity contribution in [3.05, 3.63) is 41.6 Å². The summed E-state index contributed by atoms with van der Waals surface area (Å²) in [6.45, 7) is 7.22. The molecule has 0 saturated carbocycles. The molecule has 0 aliphatic carbocycles. The highest BCUT2D eigenvalue weighted by Crippen LogP contribution is 2.26. The molecule has 0 spiro atoms. The molecule has 1 fully saturated rings. The fourth-order valence-corrected chi connectivity index (χ4v) is 3.43. The lowest BCUT2D eigenvalue weighted by molar-refractivity contribution is 0.0201. The predicted octanol–water partition coefficient (Wildman–Crippen LogP) is 4.63. The van der Waals surface area contributed by atoms with E-state index in [1.807, 2.05) is 58.2 Å². The third-order valence-corrected chi connectivity index (χ3v) is 4.92. The van der Waals surface area contributed by atoms with Crippen LogP contribution in [0.1, 0.15) is 33.6 Å². The van der Waals surface area contributed by atoms with Gasteiger partial charge in [-0.05, 0) is 33.6 Å². The van der Waals surface area contributed by atoms with Gasteiger partial charge in [-0.3, -0.25) is 0 Å². The first-order chi connectivity index (χ1) is 13.2. The monoisotopic (exact) mass is 402 g/mol. The SMILES string of the molecule is CN(C(=O)OC(C)(C)C)C1CCN(c2cc(Cl)nc(-c3ccccc3)n2)CC1. The van der Waals surface area contributed by atoms with Crippen LogP contribution in [0.25, 0.3) is 11.4 Å². The molecule has 1 saturated heterocycles. The number of carbonyl (C=O) groups is 1. The van der Waals surface area contributed by atoms with E-state index >= 15 is 0 Å². The van der Waals surface area contributed by atoms with Crippen molar-refractivity contribution >= 4 is 23.5 Å². The number of hydrogen-bond donors (Lipinski definition) is 0. The van der Waals surface area contributed by atoms with Crippen LogP contribution in [0.4, 0.5) is 10.6 Å². The van der Waals surface area contributed by atoms with Crippen molar-refractivity contribution in [2.45, 2.75) is 45.3 Å². The Morgan fingerprint density at radius 3 is 2.43 bits per heavy atom. The first kappa shape index (κ1) is 20.4. The lowest BCUT2D eigenvalue weighted by atomic mass is 10.0. The van der Waals surface area contributed by atoms with Gasteiger partial charge < -0.3 is 14.5 Å². The molecule has 28 heavy (non-hydrogen) atoms. The van der Waals surface area contributed by atoms with Gasteiger partial charge in [0.2, 0.25) is 0 Å². The van der Waals surface area contributed by atoms with E-state index in [-0.39, 0.29) is 12.1 Å². The van der Waals surface area contributed by atoms with Crippen LogP contribution in [-0.2, 0) is 4.74 Å². The van der Waals surface area contributed by atoms with Gasteiger partial charge in [0.05, 0.1) is 0 Å². The summed E-state index contributed by atoms with van der Waals surface area (Å²) < 4.78 is 5.48. The van der Waals surface area contributed by atoms with Crippen LogP contribution in [0.2, 0.25) is 5.15 Å². The van der Waals surface area contributed by atoms with Crippen molar-refractivity contribution in [3.63, 3.8) is 0 Å². The fraction of sp³-hybridized carbons (Fsp3) is 0.476. The third-order valence-electron chi connectivity index (χ3n) is 4.73. The number of halogens is 1. The van der Waals surface area contributed by atoms with Crippen molar-refractivity contribution in [1.29, 1.82) is 0 Å². The maximum atomic E-state index is 12.3. The number of amides is 1. The lowest BCUT2D eigenvalue weighted by Gasteiger charge is -2.37. The highest BCUT2D eigenvalue weighted by atomic mass is 35.5. The molecule has 3 rings (SSSR count). The maximum absolute atomic E-state index is 12.3. The van der Waals surface area contributed by atoms with Gasteiger partial charge in [-0.15, -0.1) is 0 Å². The molecular weight excluding hydrogens is 376 g/mol. The van der Waals surface area contributed by atoms with Gasteiger partial charge in [-0.1, -0.05) is 41.9 Å². The van der Waals surface area contributed by atoms with E-state index in [4.69, 9.17) is 21.3 Å². The summed E-state index contributed by atoms with van der Waals surface area (Å²) in [6.07, 6.45) is 1.41. The van der Waals surface area contributed by atoms with E-state index < -0.39 is 5.60 Å². The number of aromatic nitrogens is 2. The summed E-state index contributed by atoms with van der Waals surface area (Å²) in [5, 5.41) is 0.428. The van der Waals surface area contributed by atoms with Crippen LogP contribution >= 0.6 is 11.6 Å². The third kappa shape index (κ3) is 5.13. The van der Waals surface area contributed by atoms with Crippen LogP contribution in [0.15, 0.2) is 36.4 Å². The molecule has 1 aliphatic heterocycles. The molecule has 2 heterocycles. The lowest BCUT2D eigenvalue weighted by Crippen LogP contribution is -2.47. The molecule has 7 heteroatoms. The van der Waals surface area contributed by atoms with E-state index in [1.54, 1.807) is 11.0 Å². The standard InChI is InChI=1S/C21H27ClN4O2/c1-21(2,3)28-20(27)25(4)16-10-12-26(13-11-16)18-14-17(22)23-19(24-18)15-8-6-5-7-9-15/h5-9,14,16H,10-13H2,1-4H3. The van der Waals surface area contributed by atoms with E-state index in [9.17, 15) is 4.79 Å². The first-order valence-corrected chi connectivity index (χ1v) is 9.91. The van der Waals surface area contributed by atoms with E-state index in [2.05, 4.69) is 9.88 Å². The largest absolute Gasteiger partial charge is 0.444 e. The molecule has 1 aromatic carbocycles. The molecule has 0 bridgehead atoms. The Hall–Kier alpha value is -2.34. The second-order valence-corrected chi connectivity index (χ2v) is 8.44. The summed E-state index contributed by atoms with van der Waals surface area (Å²) in [5.41, 5.74) is 0.447. The van der Waals surface area contributed by atoms with Gasteiger partial charge in [-0.25, -0.2) is 14.8 Å². The number of piperidine rings is 1. The summed E-state index contributed by atoms with van der Waals surface area (Å²) >= 11 is 6.25. The van der Waals surface area contributed by atoms with Crippen LogP contribution in [0.3, 0.4) is 0 Å². The van der Waals surface area contributed by atoms with Crippen LogP contribution in [-0.4, -0.2) is 52.7 Å². The fourth-order valence-electron chi connectivity index (χ4n) is 3.25. The van der Waals surface area contributed by atoms with E-state index in [1.165, 1.54) is 0 Å². The second kappa shape index (κ2) is 8.35. The molecular formula is C21H27ClN4O2. The van der Waals surface area contributed by atoms with Gasteiger partial charge >= 0.3 is 6.09 Å². The molecule has 0 N–H and O–H groups in total. The van der Waals surface area contributed by atoms with Gasteiger partial charge in [0, 0.05) is 37.8 Å². The zero-order valence-electron chi connectivity index (χ0n) is 16.9. The molecule has 1 aromatic heterocycles. The van der Waals surface area contributed by atoms with Crippen molar-refractivity contribution in [2.24, 2.45) is 0 Å². The Morgan fingerprint density at radius 2 is 1.82 bits per heavy atom. The number of nitrogens with zero attached hydrogens (tertiary/aromatic N) is 4. The van der Waals surface area contributed by atoms with E-state index in [0.29, 0.717) is 11.0 Å². The van der Waals surface area contributed by atoms with Gasteiger partial charge in [0.25, 0.3) is 0 Å². The Balaban J connectivity index is 1.67. The van der Waals surface area contributed by atoms with Crippen molar-refractivity contribution < 1.29 is 9.53 Å². The number of rotatable bonds is 3. The van der Waals surface area contributed by atoms with Gasteiger partial charge in [0.15, 0.2) is 5.82 Å². The average Bonchev–Trinajstić information content (AvgIpc) is 2.66. The highest BCUT2D eigenvalue weighted by Gasteiger charge is 2.29. The molecule has 1 amide bonds. The average molecular weight is 403 g/mol. The molecule has 0 radical (unpaired) electrons. The predicted molar refractivity (Wildman–Crippen MR) is 112 cm³/mol. The number of ether oxygens (including phenoxy) is 1. The molecule has 0 unspecified atom stereocenters. The minimum atomic E-state index is -0.488. The summed E-state index contributed by atoms with van der Waals surface area (Å²) in [6, 6.07) is 11.8. The van der Waals surface area contributed by atoms with Crippen LogP contribution in [0.5, 0.6) is 0 Å². The Kier molecular flexibility index (Phi) is 6.08. The van der Waals surface area contributed by atoms with Gasteiger partial charge in [-0.2, -0.15) is 0 Å². The van der Waals surface area contributed by atoms with Crippen LogP contribution < -0.4 is 4.90 Å². The maximum Gasteiger partial charge on any atom is 0.410 e. The highest BCUT2D eigenvalue weighted by molar-refractivity contribution is 6.29. The zero-order valence-corrected chi connectivity index (χ0v) is 17.6. The minimum absolute atomic E-state index is 0.150. The van der Waals surface area contributed by atoms with Crippen molar-refractivity contribution in [2.75, 3.05) is 25.0 Å². The van der Waals surface area contributed by atoms with Crippen molar-refractivity contribution in [3.8, 4) is 11.4 Å². The summed E-state index contributed by atoms with van der Waals surface area (Å²) in [5.74, 6) is 1.44. The normalized spacial score (nSPS) is 15.4. The number of carbonyl (C=O) groups excluding carboxylic acids is 1. The number of anilines is 1. The topological polar surface area (TPSA) is 58.6 Å². The van der Waals surface area contributed by atoms with Gasteiger partial charge in [0.1, 0.15) is 16.6 Å². The second-order valence-electron chi connectivity index (χ2n) is 8.05. The van der Waals surface area contributed by atoms with E-state index in [0.717, 1.165) is 37.3 Å². The van der Waals surface area contributed by atoms with Crippen LogP contribution in [0, 0.1) is 0 Å². The first-order valence-electron chi connectivity index (χ1n) is 9.54. The molecule has 0 atom stereocenters. The quantitative estimate of drug-likeness (QED) is 0.700. The molecule has 1 aliphatic rings. The Labute approximate surface area is 171 Å². The number of benzene rings is 1. The summed E-state index contributed by atoms with van der Waals surface area (Å²) in [4.78, 5) is 25.3.